The van der Waals surface area contributed by atoms with Crippen molar-refractivity contribution in [2.24, 2.45) is 4.95 Å². The summed E-state index contributed by atoms with van der Waals surface area (Å²) in [6, 6.07) is 6.55. The molecule has 0 spiro atoms. The van der Waals surface area contributed by atoms with Gasteiger partial charge in [-0.25, -0.2) is 23.9 Å². The molecule has 18 heteroatoms. The number of nitrogens with zero attached hydrogens (tertiary/aromatic N) is 7. The number of fused-ring (bicyclic) bond motifs is 1. The zero-order chi connectivity index (χ0) is 29.2. The number of morpholine rings is 1. The number of pyridine rings is 2. The molecule has 0 aromatic carbocycles. The predicted molar refractivity (Wildman–Crippen MR) is 144 cm³/mol. The molecule has 0 bridgehead atoms. The third kappa shape index (κ3) is 6.38. The van der Waals surface area contributed by atoms with Crippen LogP contribution in [0.4, 0.5) is 39.3 Å². The fraction of sp³-hybridized carbons (Fsp3) is 0.348. The molecule has 1 fully saturated rings. The number of amides is 1. The van der Waals surface area contributed by atoms with Crippen LogP contribution in [-0.4, -0.2) is 69.4 Å². The Morgan fingerprint density at radius 1 is 1.15 bits per heavy atom. The van der Waals surface area contributed by atoms with Crippen LogP contribution in [0.15, 0.2) is 41.6 Å². The molecule has 216 valence electrons. The lowest BCUT2D eigenvalue weighted by Crippen LogP contribution is -2.53. The molecule has 3 aromatic rings. The monoisotopic (exact) mass is 589 g/mol. The Morgan fingerprint density at radius 3 is 2.63 bits per heavy atom. The van der Waals surface area contributed by atoms with Crippen molar-refractivity contribution in [2.45, 2.75) is 19.4 Å². The molecule has 1 amide bonds. The fourth-order valence-electron chi connectivity index (χ4n) is 4.00. The van der Waals surface area contributed by atoms with Crippen molar-refractivity contribution in [3.8, 4) is 5.75 Å². The Balaban J connectivity index is 1.34. The first kappa shape index (κ1) is 28.2. The maximum Gasteiger partial charge on any atom is 0.488 e. The minimum absolute atomic E-state index is 0.0469. The van der Waals surface area contributed by atoms with Crippen LogP contribution < -0.4 is 25.2 Å². The average Bonchev–Trinajstić information content (AvgIpc) is 2.96. The van der Waals surface area contributed by atoms with E-state index in [4.69, 9.17) is 9.47 Å². The molecule has 41 heavy (non-hydrogen) atoms. The van der Waals surface area contributed by atoms with Crippen molar-refractivity contribution < 1.29 is 32.6 Å². The maximum atomic E-state index is 14.6. The zero-order valence-corrected chi connectivity index (χ0v) is 22.7. The molecule has 5 rings (SSSR count). The van der Waals surface area contributed by atoms with Crippen molar-refractivity contribution in [3.63, 3.8) is 0 Å². The van der Waals surface area contributed by atoms with Crippen molar-refractivity contribution in [1.82, 2.24) is 19.9 Å². The second kappa shape index (κ2) is 11.3. The molecule has 2 aliphatic heterocycles. The first-order valence-electron chi connectivity index (χ1n) is 12.2. The largest absolute Gasteiger partial charge is 0.488 e. The number of carbonyl (C=O) groups is 1. The van der Waals surface area contributed by atoms with Gasteiger partial charge >= 0.3 is 7.75 Å². The van der Waals surface area contributed by atoms with Gasteiger partial charge < -0.3 is 29.9 Å². The van der Waals surface area contributed by atoms with E-state index in [1.807, 2.05) is 11.0 Å². The van der Waals surface area contributed by atoms with Gasteiger partial charge in [0.1, 0.15) is 18.4 Å². The normalized spacial score (nSPS) is 17.7. The SMILES string of the molecule is CC1(C)Oc2ccc(Nc3nc(Nc4ccc(N5CCOCC5)nc4)ncc3F)nc2N(COP(=O)(O)N=O)C1=O. The summed E-state index contributed by atoms with van der Waals surface area (Å²) in [6.07, 6.45) is 2.57. The van der Waals surface area contributed by atoms with Gasteiger partial charge in [-0.3, -0.25) is 14.2 Å². The van der Waals surface area contributed by atoms with Crippen LogP contribution in [-0.2, 0) is 18.6 Å². The zero-order valence-electron chi connectivity index (χ0n) is 21.9. The number of hydrogen-bond acceptors (Lipinski definition) is 13. The first-order chi connectivity index (χ1) is 19.5. The first-order valence-corrected chi connectivity index (χ1v) is 13.8. The number of aromatic nitrogens is 4. The highest BCUT2D eigenvalue weighted by atomic mass is 31.2. The van der Waals surface area contributed by atoms with Gasteiger partial charge in [0.05, 0.1) is 31.3 Å². The lowest BCUT2D eigenvalue weighted by Gasteiger charge is -2.37. The molecule has 5 heterocycles. The number of hydrogen-bond donors (Lipinski definition) is 3. The van der Waals surface area contributed by atoms with E-state index in [-0.39, 0.29) is 29.2 Å². The van der Waals surface area contributed by atoms with E-state index in [1.165, 1.54) is 26.0 Å². The summed E-state index contributed by atoms with van der Waals surface area (Å²) < 4.78 is 41.9. The molecule has 2 aliphatic rings. The lowest BCUT2D eigenvalue weighted by atomic mass is 10.1. The Bertz CT molecular complexity index is 1510. The summed E-state index contributed by atoms with van der Waals surface area (Å²) in [5, 5.41) is 5.69. The molecule has 3 aromatic heterocycles. The third-order valence-electron chi connectivity index (χ3n) is 6.01. The van der Waals surface area contributed by atoms with E-state index < -0.39 is 31.8 Å². The van der Waals surface area contributed by atoms with E-state index >= 15 is 0 Å². The number of halogens is 1. The quantitative estimate of drug-likeness (QED) is 0.243. The number of rotatable bonds is 9. The van der Waals surface area contributed by atoms with Gasteiger partial charge in [-0.05, 0) is 38.1 Å². The summed E-state index contributed by atoms with van der Waals surface area (Å²) in [5.41, 5.74) is -0.804. The van der Waals surface area contributed by atoms with Gasteiger partial charge in [-0.15, -0.1) is 4.91 Å². The van der Waals surface area contributed by atoms with Crippen LogP contribution in [0.1, 0.15) is 13.8 Å². The Labute approximate surface area is 232 Å². The van der Waals surface area contributed by atoms with E-state index in [9.17, 15) is 23.6 Å². The topological polar surface area (TPSA) is 194 Å². The summed E-state index contributed by atoms with van der Waals surface area (Å²) in [4.78, 5) is 54.8. The summed E-state index contributed by atoms with van der Waals surface area (Å²) in [5.74, 6) is -0.748. The predicted octanol–water partition coefficient (Wildman–Crippen LogP) is 3.07. The Morgan fingerprint density at radius 2 is 1.93 bits per heavy atom. The summed E-state index contributed by atoms with van der Waals surface area (Å²) in [7, 11) is -4.83. The second-order valence-corrected chi connectivity index (χ2v) is 10.7. The molecular formula is C23H25FN9O7P. The van der Waals surface area contributed by atoms with Gasteiger partial charge in [-0.2, -0.15) is 4.98 Å². The molecule has 0 radical (unpaired) electrons. The summed E-state index contributed by atoms with van der Waals surface area (Å²) >= 11 is 0. The second-order valence-electron chi connectivity index (χ2n) is 9.34. The molecular weight excluding hydrogens is 564 g/mol. The van der Waals surface area contributed by atoms with Crippen LogP contribution in [0.3, 0.4) is 0 Å². The highest BCUT2D eigenvalue weighted by Crippen LogP contribution is 2.45. The van der Waals surface area contributed by atoms with Crippen LogP contribution in [0.25, 0.3) is 0 Å². The molecule has 1 unspecified atom stereocenters. The van der Waals surface area contributed by atoms with E-state index in [2.05, 4.69) is 40.0 Å². The standard InChI is InChI=1S/C23H25FN9O7P/c1-23(2)21(34)33(13-39-41(36,37)31-35)20-16(40-23)4-5-17(29-20)28-19-15(24)12-26-22(30-19)27-14-3-6-18(25-11-14)32-7-9-38-10-8-32/h3-6,11-12H,7-10,13H2,1-2H3,(H,36,37)(H2,26,27,28,29,30). The average molecular weight is 589 g/mol. The Hall–Kier alpha value is -4.31. The van der Waals surface area contributed by atoms with E-state index in [0.29, 0.717) is 18.9 Å². The number of carbonyl (C=O) groups excluding carboxylic acids is 1. The van der Waals surface area contributed by atoms with Crippen LogP contribution in [0.5, 0.6) is 5.75 Å². The molecule has 0 aliphatic carbocycles. The van der Waals surface area contributed by atoms with E-state index in [0.717, 1.165) is 30.0 Å². The van der Waals surface area contributed by atoms with Gasteiger partial charge in [0.25, 0.3) is 5.91 Å². The fourth-order valence-corrected chi connectivity index (χ4v) is 4.31. The minimum Gasteiger partial charge on any atom is -0.474 e. The van der Waals surface area contributed by atoms with Crippen LogP contribution in [0, 0.1) is 10.7 Å². The number of ether oxygens (including phenoxy) is 2. The smallest absolute Gasteiger partial charge is 0.474 e. The van der Waals surface area contributed by atoms with Crippen molar-refractivity contribution >= 4 is 48.6 Å². The van der Waals surface area contributed by atoms with Crippen LogP contribution in [0.2, 0.25) is 0 Å². The molecule has 3 N–H and O–H groups in total. The van der Waals surface area contributed by atoms with Gasteiger partial charge in [0, 0.05) is 18.0 Å². The van der Waals surface area contributed by atoms with Crippen molar-refractivity contribution in [3.05, 3.63) is 47.4 Å². The highest BCUT2D eigenvalue weighted by Gasteiger charge is 2.43. The van der Waals surface area contributed by atoms with E-state index in [1.54, 1.807) is 12.3 Å². The van der Waals surface area contributed by atoms with Gasteiger partial charge in [-0.1, -0.05) is 0 Å². The highest BCUT2D eigenvalue weighted by molar-refractivity contribution is 7.51. The van der Waals surface area contributed by atoms with Crippen molar-refractivity contribution in [2.75, 3.05) is 53.5 Å². The lowest BCUT2D eigenvalue weighted by molar-refractivity contribution is -0.133. The number of anilines is 6. The van der Waals surface area contributed by atoms with Crippen molar-refractivity contribution in [1.29, 1.82) is 0 Å². The van der Waals surface area contributed by atoms with Gasteiger partial charge in [0.15, 0.2) is 28.8 Å². The summed E-state index contributed by atoms with van der Waals surface area (Å²) in [6.45, 7) is 4.89. The van der Waals surface area contributed by atoms with Gasteiger partial charge in [0.2, 0.25) is 5.95 Å². The maximum absolute atomic E-state index is 14.6. The number of nitrogens with one attached hydrogen (secondary N) is 2. The molecule has 16 nitrogen and oxygen atoms in total. The van der Waals surface area contributed by atoms with Crippen LogP contribution >= 0.6 is 7.75 Å². The molecule has 1 saturated heterocycles. The minimum atomic E-state index is -4.83. The number of nitroso groups, excluding NO2 is 1. The molecule has 0 saturated carbocycles. The third-order valence-corrected chi connectivity index (χ3v) is 6.67. The Kier molecular flexibility index (Phi) is 7.77. The molecule has 1 atom stereocenters.